The first kappa shape index (κ1) is 23.2. The number of rotatable bonds is 7. The van der Waals surface area contributed by atoms with Crippen LogP contribution in [0.15, 0.2) is 18.2 Å². The average Bonchev–Trinajstić information content (AvgIpc) is 3.23. The van der Waals surface area contributed by atoms with E-state index >= 15 is 0 Å². The summed E-state index contributed by atoms with van der Waals surface area (Å²) in [6.07, 6.45) is 3.45. The van der Waals surface area contributed by atoms with Crippen molar-refractivity contribution in [2.45, 2.75) is 50.1 Å². The third kappa shape index (κ3) is 5.14. The lowest BCUT2D eigenvalue weighted by Crippen LogP contribution is -2.48. The van der Waals surface area contributed by atoms with E-state index in [1.807, 2.05) is 0 Å². The van der Waals surface area contributed by atoms with Gasteiger partial charge >= 0.3 is 0 Å². The van der Waals surface area contributed by atoms with Crippen molar-refractivity contribution in [2.75, 3.05) is 12.4 Å². The number of hydrogen-bond donors (Lipinski definition) is 3. The number of fused-ring (bicyclic) bond motifs is 1. The average molecular weight is 484 g/mol. The highest BCUT2D eigenvalue weighted by molar-refractivity contribution is 8.00. The third-order valence-electron chi connectivity index (χ3n) is 6.63. The molecule has 1 aromatic carbocycles. The number of carbonyl (C=O) groups excluding carboxylic acids is 3. The summed E-state index contributed by atoms with van der Waals surface area (Å²) in [4.78, 5) is 36.7. The molecular formula is C22H27ClFN3O4S. The molecule has 3 fully saturated rings. The summed E-state index contributed by atoms with van der Waals surface area (Å²) in [6, 6.07) is 4.03. The predicted octanol–water partition coefficient (Wildman–Crippen LogP) is 2.47. The van der Waals surface area contributed by atoms with E-state index in [9.17, 15) is 18.8 Å². The minimum atomic E-state index is -0.599. The van der Waals surface area contributed by atoms with Gasteiger partial charge in [0.15, 0.2) is 6.61 Å². The van der Waals surface area contributed by atoms with Gasteiger partial charge in [-0.25, -0.2) is 4.39 Å². The van der Waals surface area contributed by atoms with Gasteiger partial charge < -0.3 is 20.7 Å². The molecular weight excluding hydrogens is 457 g/mol. The van der Waals surface area contributed by atoms with Crippen molar-refractivity contribution in [2.24, 2.45) is 17.8 Å². The Kier molecular flexibility index (Phi) is 7.14. The molecule has 2 aliphatic carbocycles. The molecule has 0 aromatic heterocycles. The van der Waals surface area contributed by atoms with Gasteiger partial charge in [0.25, 0.3) is 5.91 Å². The van der Waals surface area contributed by atoms with E-state index in [0.29, 0.717) is 18.3 Å². The zero-order valence-electron chi connectivity index (χ0n) is 17.7. The first-order chi connectivity index (χ1) is 15.3. The van der Waals surface area contributed by atoms with E-state index in [-0.39, 0.29) is 58.5 Å². The van der Waals surface area contributed by atoms with Crippen molar-refractivity contribution in [1.82, 2.24) is 16.0 Å². The molecule has 1 saturated heterocycles. The van der Waals surface area contributed by atoms with Crippen LogP contribution >= 0.6 is 23.4 Å². The molecule has 3 aliphatic rings. The van der Waals surface area contributed by atoms with Crippen molar-refractivity contribution < 1.29 is 23.5 Å². The van der Waals surface area contributed by atoms with Gasteiger partial charge in [-0.2, -0.15) is 0 Å². The van der Waals surface area contributed by atoms with Crippen molar-refractivity contribution in [3.8, 4) is 5.75 Å². The summed E-state index contributed by atoms with van der Waals surface area (Å²) in [6.45, 7) is 1.24. The Balaban J connectivity index is 1.27. The molecule has 2 saturated carbocycles. The lowest BCUT2D eigenvalue weighted by Gasteiger charge is -2.36. The number of ether oxygens (including phenoxy) is 1. The maximum absolute atomic E-state index is 13.5. The van der Waals surface area contributed by atoms with E-state index in [0.717, 1.165) is 31.1 Å². The number of halogens is 2. The molecule has 32 heavy (non-hydrogen) atoms. The van der Waals surface area contributed by atoms with E-state index in [4.69, 9.17) is 16.3 Å². The normalized spacial score (nSPS) is 30.7. The van der Waals surface area contributed by atoms with Crippen molar-refractivity contribution >= 4 is 41.1 Å². The summed E-state index contributed by atoms with van der Waals surface area (Å²) in [7, 11) is 0. The number of nitrogens with one attached hydrogen (secondary N) is 3. The molecule has 10 heteroatoms. The largest absolute Gasteiger partial charge is 0.484 e. The first-order valence-electron chi connectivity index (χ1n) is 10.9. The van der Waals surface area contributed by atoms with Gasteiger partial charge in [0.05, 0.1) is 16.3 Å². The van der Waals surface area contributed by atoms with Gasteiger partial charge in [-0.15, -0.1) is 11.8 Å². The molecule has 1 heterocycles. The minimum absolute atomic E-state index is 0.00327. The second-order valence-electron chi connectivity index (χ2n) is 8.68. The molecule has 5 unspecified atom stereocenters. The van der Waals surface area contributed by atoms with Gasteiger partial charge in [-0.3, -0.25) is 14.4 Å². The van der Waals surface area contributed by atoms with Crippen LogP contribution in [0.2, 0.25) is 5.02 Å². The highest BCUT2D eigenvalue weighted by Crippen LogP contribution is 2.47. The highest BCUT2D eigenvalue weighted by Gasteiger charge is 2.50. The zero-order chi connectivity index (χ0) is 22.8. The van der Waals surface area contributed by atoms with Crippen LogP contribution in [0.1, 0.15) is 32.6 Å². The van der Waals surface area contributed by atoms with Gasteiger partial charge in [0, 0.05) is 25.1 Å². The lowest BCUT2D eigenvalue weighted by atomic mass is 9.73. The van der Waals surface area contributed by atoms with Crippen molar-refractivity contribution in [3.05, 3.63) is 29.0 Å². The number of carbonyl (C=O) groups is 3. The number of thioether (sulfide) groups is 1. The smallest absolute Gasteiger partial charge is 0.258 e. The Hall–Kier alpha value is -2.00. The van der Waals surface area contributed by atoms with Crippen LogP contribution in [0.4, 0.5) is 4.39 Å². The van der Waals surface area contributed by atoms with E-state index in [1.165, 1.54) is 19.1 Å². The maximum Gasteiger partial charge on any atom is 0.258 e. The fourth-order valence-corrected chi connectivity index (χ4v) is 6.46. The molecule has 0 radical (unpaired) electrons. The third-order valence-corrected chi connectivity index (χ3v) is 8.22. The summed E-state index contributed by atoms with van der Waals surface area (Å²) >= 11 is 7.25. The van der Waals surface area contributed by atoms with Crippen molar-refractivity contribution in [1.29, 1.82) is 0 Å². The SMILES string of the molecule is CC(=O)NC1SCCC1C(=O)NC1C[C@H](NC(=O)COc2ccc(Cl)c(F)c2)C2CCC12. The molecule has 4 rings (SSSR count). The fraction of sp³-hybridized carbons (Fsp3) is 0.591. The van der Waals surface area contributed by atoms with Crippen LogP contribution in [0.5, 0.6) is 5.75 Å². The van der Waals surface area contributed by atoms with Crippen molar-refractivity contribution in [3.63, 3.8) is 0 Å². The topological polar surface area (TPSA) is 96.5 Å². The molecule has 3 amide bonds. The highest BCUT2D eigenvalue weighted by atomic mass is 35.5. The second kappa shape index (κ2) is 9.87. The summed E-state index contributed by atoms with van der Waals surface area (Å²) in [5.41, 5.74) is 0. The Morgan fingerprint density at radius 3 is 2.50 bits per heavy atom. The first-order valence-corrected chi connectivity index (χ1v) is 12.3. The standard InChI is InChI=1S/C22H27ClFN3O4S/c1-11(28)25-22-15(6-7-32-22)21(30)27-19-9-18(13-3-4-14(13)19)26-20(29)10-31-12-2-5-16(23)17(24)8-12/h2,5,8,13-15,18-19,22H,3-4,6-7,9-10H2,1H3,(H,25,28)(H,26,29)(H,27,30)/t13?,14?,15?,18-,19?,22?/m0/s1. The fourth-order valence-electron chi connectivity index (χ4n) is 4.96. The Morgan fingerprint density at radius 2 is 1.84 bits per heavy atom. The van der Waals surface area contributed by atoms with Crippen LogP contribution in [0.3, 0.4) is 0 Å². The summed E-state index contributed by atoms with van der Waals surface area (Å²) in [5, 5.41) is 8.88. The molecule has 0 spiro atoms. The summed E-state index contributed by atoms with van der Waals surface area (Å²) < 4.78 is 18.9. The molecule has 3 N–H and O–H groups in total. The molecule has 0 bridgehead atoms. The monoisotopic (exact) mass is 483 g/mol. The molecule has 6 atom stereocenters. The van der Waals surface area contributed by atoms with E-state index in [1.54, 1.807) is 11.8 Å². The number of amides is 3. The van der Waals surface area contributed by atoms with Gasteiger partial charge in [0.1, 0.15) is 11.6 Å². The Bertz CT molecular complexity index is 904. The van der Waals surface area contributed by atoms with Crippen LogP contribution in [-0.2, 0) is 14.4 Å². The van der Waals surface area contributed by atoms with Crippen LogP contribution in [0, 0.1) is 23.6 Å². The Morgan fingerprint density at radius 1 is 1.12 bits per heavy atom. The molecule has 1 aromatic rings. The van der Waals surface area contributed by atoms with E-state index in [2.05, 4.69) is 16.0 Å². The van der Waals surface area contributed by atoms with Gasteiger partial charge in [0.2, 0.25) is 11.8 Å². The van der Waals surface area contributed by atoms with Gasteiger partial charge in [-0.1, -0.05) is 11.6 Å². The van der Waals surface area contributed by atoms with Crippen LogP contribution in [0.25, 0.3) is 0 Å². The van der Waals surface area contributed by atoms with Crippen LogP contribution < -0.4 is 20.7 Å². The molecule has 174 valence electrons. The number of benzene rings is 1. The van der Waals surface area contributed by atoms with E-state index < -0.39 is 5.82 Å². The minimum Gasteiger partial charge on any atom is -0.484 e. The number of hydrogen-bond acceptors (Lipinski definition) is 5. The maximum atomic E-state index is 13.5. The molecule has 7 nitrogen and oxygen atoms in total. The Labute approximate surface area is 195 Å². The predicted molar refractivity (Wildman–Crippen MR) is 120 cm³/mol. The van der Waals surface area contributed by atoms with Gasteiger partial charge in [-0.05, 0) is 55.4 Å². The van der Waals surface area contributed by atoms with Crippen LogP contribution in [-0.4, -0.2) is 47.5 Å². The zero-order valence-corrected chi connectivity index (χ0v) is 19.3. The second-order valence-corrected chi connectivity index (χ2v) is 10.3. The lowest BCUT2D eigenvalue weighted by molar-refractivity contribution is -0.127. The summed E-state index contributed by atoms with van der Waals surface area (Å²) in [5.74, 6) is 0.504. The molecule has 1 aliphatic heterocycles. The quantitative estimate of drug-likeness (QED) is 0.553.